The average molecular weight is 352 g/mol. The molecule has 0 fully saturated rings. The second kappa shape index (κ2) is 7.00. The lowest BCUT2D eigenvalue weighted by atomic mass is 10.0. The monoisotopic (exact) mass is 352 g/mol. The van der Waals surface area contributed by atoms with Crippen LogP contribution in [0, 0.1) is 17.0 Å². The molecule has 0 aliphatic carbocycles. The summed E-state index contributed by atoms with van der Waals surface area (Å²) in [6.45, 7) is 5.61. The normalized spacial score (nSPS) is 12.8. The molecule has 24 heavy (non-hydrogen) atoms. The third-order valence-corrected chi connectivity index (χ3v) is 5.12. The molecule has 9 heteroatoms. The number of nitro benzene ring substituents is 1. The van der Waals surface area contributed by atoms with Crippen molar-refractivity contribution in [3.05, 3.63) is 45.6 Å². The first kappa shape index (κ1) is 17.9. The van der Waals surface area contributed by atoms with Crippen LogP contribution in [0.25, 0.3) is 0 Å². The van der Waals surface area contributed by atoms with Crippen molar-refractivity contribution in [2.24, 2.45) is 0 Å². The Labute approximate surface area is 140 Å². The van der Waals surface area contributed by atoms with E-state index in [1.165, 1.54) is 25.1 Å². The molecule has 0 bridgehead atoms. The van der Waals surface area contributed by atoms with Crippen LogP contribution in [0.2, 0.25) is 0 Å². The van der Waals surface area contributed by atoms with Crippen molar-refractivity contribution in [2.45, 2.75) is 44.4 Å². The molecular weight excluding hydrogens is 332 g/mol. The zero-order valence-electron chi connectivity index (χ0n) is 13.7. The molecule has 0 aliphatic heterocycles. The summed E-state index contributed by atoms with van der Waals surface area (Å²) < 4.78 is 27.2. The highest BCUT2D eigenvalue weighted by Crippen LogP contribution is 2.24. The van der Waals surface area contributed by atoms with E-state index in [2.05, 4.69) is 21.8 Å². The van der Waals surface area contributed by atoms with Crippen LogP contribution >= 0.6 is 0 Å². The minimum atomic E-state index is -3.86. The van der Waals surface area contributed by atoms with E-state index < -0.39 is 14.9 Å². The molecule has 1 heterocycles. The smallest absolute Gasteiger partial charge is 0.272 e. The number of nitrogens with zero attached hydrogens (tertiary/aromatic N) is 2. The van der Waals surface area contributed by atoms with Gasteiger partial charge < -0.3 is 0 Å². The number of sulfonamides is 1. The predicted molar refractivity (Wildman–Crippen MR) is 90.6 cm³/mol. The molecule has 1 aromatic heterocycles. The summed E-state index contributed by atoms with van der Waals surface area (Å²) in [4.78, 5) is 10.2. The van der Waals surface area contributed by atoms with Crippen molar-refractivity contribution in [1.29, 1.82) is 0 Å². The highest BCUT2D eigenvalue weighted by molar-refractivity contribution is 7.92. The highest BCUT2D eigenvalue weighted by atomic mass is 32.2. The van der Waals surface area contributed by atoms with Gasteiger partial charge in [-0.05, 0) is 31.4 Å². The van der Waals surface area contributed by atoms with Crippen LogP contribution in [0.4, 0.5) is 11.5 Å². The van der Waals surface area contributed by atoms with Crippen LogP contribution < -0.4 is 4.72 Å². The Morgan fingerprint density at radius 2 is 2.08 bits per heavy atom. The molecule has 0 amide bonds. The number of nitro groups is 1. The topological polar surface area (TPSA) is 118 Å². The van der Waals surface area contributed by atoms with E-state index in [1.54, 1.807) is 6.07 Å². The van der Waals surface area contributed by atoms with Gasteiger partial charge in [-0.2, -0.15) is 5.10 Å². The maximum Gasteiger partial charge on any atom is 0.272 e. The van der Waals surface area contributed by atoms with Gasteiger partial charge in [-0.15, -0.1) is 0 Å². The molecule has 0 radical (unpaired) electrons. The number of aryl methyl sites for hydroxylation is 1. The zero-order valence-corrected chi connectivity index (χ0v) is 14.6. The molecule has 2 N–H and O–H groups in total. The fraction of sp³-hybridized carbons (Fsp3) is 0.400. The number of hydrogen-bond acceptors (Lipinski definition) is 5. The van der Waals surface area contributed by atoms with E-state index in [-0.39, 0.29) is 27.9 Å². The third-order valence-electron chi connectivity index (χ3n) is 3.76. The van der Waals surface area contributed by atoms with Gasteiger partial charge in [-0.25, -0.2) is 8.42 Å². The average Bonchev–Trinajstić information content (AvgIpc) is 2.94. The van der Waals surface area contributed by atoms with Crippen LogP contribution in [-0.4, -0.2) is 23.5 Å². The van der Waals surface area contributed by atoms with E-state index in [0.29, 0.717) is 0 Å². The van der Waals surface area contributed by atoms with Gasteiger partial charge in [-0.1, -0.05) is 20.3 Å². The van der Waals surface area contributed by atoms with Crippen molar-refractivity contribution in [1.82, 2.24) is 10.2 Å². The molecule has 0 aliphatic rings. The van der Waals surface area contributed by atoms with E-state index in [0.717, 1.165) is 18.5 Å². The predicted octanol–water partition coefficient (Wildman–Crippen LogP) is 3.33. The van der Waals surface area contributed by atoms with Gasteiger partial charge in [0.2, 0.25) is 0 Å². The summed E-state index contributed by atoms with van der Waals surface area (Å²) in [5.74, 6) is 0.450. The molecule has 1 atom stereocenters. The van der Waals surface area contributed by atoms with Crippen molar-refractivity contribution in [2.75, 3.05) is 4.72 Å². The maximum absolute atomic E-state index is 12.4. The lowest BCUT2D eigenvalue weighted by molar-refractivity contribution is -0.385. The number of rotatable bonds is 7. The maximum atomic E-state index is 12.4. The Kier molecular flexibility index (Phi) is 5.23. The van der Waals surface area contributed by atoms with Gasteiger partial charge in [0.05, 0.1) is 9.82 Å². The lowest BCUT2D eigenvalue weighted by Gasteiger charge is -2.07. The minimum Gasteiger partial charge on any atom is -0.280 e. The first-order chi connectivity index (χ1) is 11.2. The number of H-pyrrole nitrogens is 1. The Hall–Kier alpha value is -2.42. The van der Waals surface area contributed by atoms with Crippen LogP contribution in [-0.2, 0) is 10.0 Å². The van der Waals surface area contributed by atoms with Gasteiger partial charge in [0.25, 0.3) is 15.7 Å². The largest absolute Gasteiger partial charge is 0.280 e. The second-order valence-corrected chi connectivity index (χ2v) is 7.39. The Bertz CT molecular complexity index is 845. The molecule has 1 aromatic carbocycles. The van der Waals surface area contributed by atoms with Crippen molar-refractivity contribution < 1.29 is 13.3 Å². The van der Waals surface area contributed by atoms with Crippen LogP contribution in [0.15, 0.2) is 29.2 Å². The van der Waals surface area contributed by atoms with Gasteiger partial charge in [-0.3, -0.25) is 19.9 Å². The highest BCUT2D eigenvalue weighted by Gasteiger charge is 2.20. The van der Waals surface area contributed by atoms with Crippen molar-refractivity contribution in [3.8, 4) is 0 Å². The Morgan fingerprint density at radius 1 is 1.38 bits per heavy atom. The molecule has 1 unspecified atom stereocenters. The zero-order chi connectivity index (χ0) is 17.9. The van der Waals surface area contributed by atoms with Gasteiger partial charge in [0.15, 0.2) is 5.82 Å². The number of benzene rings is 1. The van der Waals surface area contributed by atoms with Gasteiger partial charge in [0.1, 0.15) is 0 Å². The molecular formula is C15H20N4O4S. The fourth-order valence-corrected chi connectivity index (χ4v) is 3.50. The van der Waals surface area contributed by atoms with Crippen LogP contribution in [0.3, 0.4) is 0 Å². The standard InChI is InChI=1S/C15H20N4O4S/c1-4-5-10(2)13-9-15(17-16-13)18-24(22,23)12-6-7-14(19(20)21)11(3)8-12/h6-10H,4-5H2,1-3H3,(H2,16,17,18). The summed E-state index contributed by atoms with van der Waals surface area (Å²) in [6.07, 6.45) is 1.99. The first-order valence-corrected chi connectivity index (χ1v) is 9.06. The number of aromatic amines is 1. The van der Waals surface area contributed by atoms with Crippen LogP contribution in [0.1, 0.15) is 43.9 Å². The van der Waals surface area contributed by atoms with Gasteiger partial charge in [0, 0.05) is 23.4 Å². The summed E-state index contributed by atoms with van der Waals surface area (Å²) in [5, 5.41) is 17.6. The quantitative estimate of drug-likeness (QED) is 0.585. The lowest BCUT2D eigenvalue weighted by Crippen LogP contribution is -2.13. The fourth-order valence-electron chi connectivity index (χ4n) is 2.43. The third kappa shape index (κ3) is 3.91. The van der Waals surface area contributed by atoms with E-state index in [9.17, 15) is 18.5 Å². The molecule has 0 saturated heterocycles. The molecule has 2 rings (SSSR count). The van der Waals surface area contributed by atoms with E-state index in [4.69, 9.17) is 0 Å². The SMILES string of the molecule is CCCC(C)c1cc(NS(=O)(=O)c2ccc([N+](=O)[O-])c(C)c2)n[nH]1. The molecule has 8 nitrogen and oxygen atoms in total. The molecule has 0 saturated carbocycles. The summed E-state index contributed by atoms with van der Waals surface area (Å²) in [7, 11) is -3.86. The van der Waals surface area contributed by atoms with Crippen LogP contribution in [0.5, 0.6) is 0 Å². The Balaban J connectivity index is 2.23. The number of nitrogens with one attached hydrogen (secondary N) is 2. The molecule has 0 spiro atoms. The Morgan fingerprint density at radius 3 is 2.67 bits per heavy atom. The molecule has 130 valence electrons. The number of anilines is 1. The summed E-state index contributed by atoms with van der Waals surface area (Å²) >= 11 is 0. The molecule has 2 aromatic rings. The summed E-state index contributed by atoms with van der Waals surface area (Å²) in [6, 6.07) is 5.33. The van der Waals surface area contributed by atoms with Crippen molar-refractivity contribution in [3.63, 3.8) is 0 Å². The van der Waals surface area contributed by atoms with Crippen molar-refractivity contribution >= 4 is 21.5 Å². The first-order valence-electron chi connectivity index (χ1n) is 7.57. The van der Waals surface area contributed by atoms with E-state index in [1.807, 2.05) is 6.92 Å². The van der Waals surface area contributed by atoms with E-state index >= 15 is 0 Å². The number of aromatic nitrogens is 2. The second-order valence-electron chi connectivity index (χ2n) is 5.71. The minimum absolute atomic E-state index is 0.0447. The summed E-state index contributed by atoms with van der Waals surface area (Å²) in [5.41, 5.74) is 1.01. The van der Waals surface area contributed by atoms with Gasteiger partial charge >= 0.3 is 0 Å². The number of hydrogen-bond donors (Lipinski definition) is 2.